The molecule has 6 nitrogen and oxygen atoms in total. The number of aromatic nitrogens is 3. The van der Waals surface area contributed by atoms with Gasteiger partial charge in [0.05, 0.1) is 23.3 Å². The first-order valence-electron chi connectivity index (χ1n) is 8.13. The zero-order chi connectivity index (χ0) is 17.8. The number of pyridine rings is 1. The molecular formula is C18H20ClN5O. The van der Waals surface area contributed by atoms with Crippen LogP contribution in [0.1, 0.15) is 25.7 Å². The lowest BCUT2D eigenvalue weighted by Crippen LogP contribution is -2.36. The number of fused-ring (bicyclic) bond motifs is 1. The third kappa shape index (κ3) is 3.91. The van der Waals surface area contributed by atoms with Crippen molar-refractivity contribution < 1.29 is 4.79 Å². The molecular weight excluding hydrogens is 338 g/mol. The highest BCUT2D eigenvalue weighted by molar-refractivity contribution is 6.33. The average molecular weight is 358 g/mol. The van der Waals surface area contributed by atoms with Crippen LogP contribution in [0.15, 0.2) is 48.7 Å². The zero-order valence-electron chi connectivity index (χ0n) is 14.1. The van der Waals surface area contributed by atoms with Gasteiger partial charge in [-0.05, 0) is 30.2 Å². The van der Waals surface area contributed by atoms with Crippen molar-refractivity contribution in [1.82, 2.24) is 19.9 Å². The summed E-state index contributed by atoms with van der Waals surface area (Å²) in [6, 6.07) is 12.8. The summed E-state index contributed by atoms with van der Waals surface area (Å²) in [6.07, 6.45) is 1.90. The monoisotopic (exact) mass is 357 g/mol. The molecule has 0 fully saturated rings. The number of nitrogens with zero attached hydrogens (tertiary/aromatic N) is 3. The zero-order valence-corrected chi connectivity index (χ0v) is 14.9. The average Bonchev–Trinajstić information content (AvgIpc) is 3.02. The van der Waals surface area contributed by atoms with E-state index in [0.29, 0.717) is 5.02 Å². The summed E-state index contributed by atoms with van der Waals surface area (Å²) in [7, 11) is 0. The van der Waals surface area contributed by atoms with Crippen molar-refractivity contribution in [2.45, 2.75) is 19.9 Å². The summed E-state index contributed by atoms with van der Waals surface area (Å²) < 4.78 is 1.90. The molecule has 0 aliphatic heterocycles. The summed E-state index contributed by atoms with van der Waals surface area (Å²) in [5.41, 5.74) is 1.49. The van der Waals surface area contributed by atoms with Crippen LogP contribution in [-0.2, 0) is 4.79 Å². The van der Waals surface area contributed by atoms with Gasteiger partial charge in [-0.1, -0.05) is 43.6 Å². The molecule has 0 bridgehead atoms. The van der Waals surface area contributed by atoms with E-state index in [1.807, 2.05) is 60.8 Å². The van der Waals surface area contributed by atoms with E-state index in [9.17, 15) is 4.79 Å². The number of carbonyl (C=O) groups excluding carboxylic acids is 1. The molecule has 130 valence electrons. The molecule has 0 saturated carbocycles. The van der Waals surface area contributed by atoms with Crippen LogP contribution in [0.5, 0.6) is 0 Å². The maximum atomic E-state index is 12.4. The molecule has 1 amide bonds. The number of rotatable bonds is 6. The lowest BCUT2D eigenvalue weighted by Gasteiger charge is -2.21. The van der Waals surface area contributed by atoms with E-state index in [1.54, 1.807) is 6.07 Å². The topological polar surface area (TPSA) is 71.3 Å². The Bertz CT molecular complexity index is 877. The van der Waals surface area contributed by atoms with Gasteiger partial charge in [0.15, 0.2) is 11.5 Å². The molecule has 0 saturated heterocycles. The van der Waals surface area contributed by atoms with E-state index < -0.39 is 0 Å². The Balaban J connectivity index is 1.72. The normalized spacial score (nSPS) is 12.3. The number of hydrogen-bond acceptors (Lipinski definition) is 4. The van der Waals surface area contributed by atoms with Crippen LogP contribution in [0.4, 0.5) is 5.69 Å². The van der Waals surface area contributed by atoms with Gasteiger partial charge in [-0.15, -0.1) is 10.2 Å². The van der Waals surface area contributed by atoms with E-state index in [2.05, 4.69) is 20.8 Å². The molecule has 0 spiro atoms. The summed E-state index contributed by atoms with van der Waals surface area (Å²) >= 11 is 6.09. The molecule has 0 aliphatic rings. The van der Waals surface area contributed by atoms with Gasteiger partial charge in [0.25, 0.3) is 0 Å². The van der Waals surface area contributed by atoms with Gasteiger partial charge in [-0.25, -0.2) is 0 Å². The number of halogens is 1. The predicted octanol–water partition coefficient (Wildman–Crippen LogP) is 3.31. The Hall–Kier alpha value is -2.60. The van der Waals surface area contributed by atoms with Crippen LogP contribution in [0.3, 0.4) is 0 Å². The molecule has 1 aromatic carbocycles. The number of anilines is 1. The van der Waals surface area contributed by atoms with E-state index in [0.717, 1.165) is 17.2 Å². The number of amides is 1. The molecule has 2 N–H and O–H groups in total. The highest BCUT2D eigenvalue weighted by Gasteiger charge is 2.23. The molecule has 2 aromatic heterocycles. The van der Waals surface area contributed by atoms with Crippen molar-refractivity contribution in [3.8, 4) is 0 Å². The maximum Gasteiger partial charge on any atom is 0.239 e. The van der Waals surface area contributed by atoms with Gasteiger partial charge in [0.1, 0.15) is 0 Å². The Labute approximate surface area is 151 Å². The van der Waals surface area contributed by atoms with Crippen LogP contribution in [0.2, 0.25) is 5.02 Å². The second-order valence-corrected chi connectivity index (χ2v) is 6.52. The Kier molecular flexibility index (Phi) is 5.19. The molecule has 3 aromatic rings. The number of nitrogens with one attached hydrogen (secondary N) is 2. The van der Waals surface area contributed by atoms with Crippen molar-refractivity contribution in [3.05, 3.63) is 59.5 Å². The van der Waals surface area contributed by atoms with Gasteiger partial charge in [0, 0.05) is 6.20 Å². The maximum absolute atomic E-state index is 12.4. The summed E-state index contributed by atoms with van der Waals surface area (Å²) in [5, 5.41) is 15.1. The minimum atomic E-state index is -0.238. The SMILES string of the molecule is CC(C)[C@@H](NC(=O)CNc1ccccc1Cl)c1nnc2ccccn12. The summed E-state index contributed by atoms with van der Waals surface area (Å²) in [6.45, 7) is 4.20. The van der Waals surface area contributed by atoms with Gasteiger partial charge < -0.3 is 10.6 Å². The van der Waals surface area contributed by atoms with Gasteiger partial charge in [-0.2, -0.15) is 0 Å². The third-order valence-electron chi connectivity index (χ3n) is 3.91. The Morgan fingerprint density at radius 1 is 1.16 bits per heavy atom. The van der Waals surface area contributed by atoms with Crippen molar-refractivity contribution in [3.63, 3.8) is 0 Å². The smallest absolute Gasteiger partial charge is 0.239 e. The van der Waals surface area contributed by atoms with Crippen LogP contribution in [0.25, 0.3) is 5.65 Å². The third-order valence-corrected chi connectivity index (χ3v) is 4.24. The Morgan fingerprint density at radius 3 is 2.68 bits per heavy atom. The number of carbonyl (C=O) groups is 1. The van der Waals surface area contributed by atoms with E-state index in [4.69, 9.17) is 11.6 Å². The van der Waals surface area contributed by atoms with Crippen LogP contribution >= 0.6 is 11.6 Å². The molecule has 25 heavy (non-hydrogen) atoms. The molecule has 0 unspecified atom stereocenters. The fraction of sp³-hybridized carbons (Fsp3) is 0.278. The van der Waals surface area contributed by atoms with E-state index in [1.165, 1.54) is 0 Å². The molecule has 3 rings (SSSR count). The van der Waals surface area contributed by atoms with Crippen molar-refractivity contribution in [2.24, 2.45) is 5.92 Å². The van der Waals surface area contributed by atoms with Gasteiger partial charge in [0.2, 0.25) is 5.91 Å². The number of benzene rings is 1. The minimum Gasteiger partial charge on any atom is -0.375 e. The second kappa shape index (κ2) is 7.53. The van der Waals surface area contributed by atoms with Crippen molar-refractivity contribution in [1.29, 1.82) is 0 Å². The quantitative estimate of drug-likeness (QED) is 0.710. The highest BCUT2D eigenvalue weighted by Crippen LogP contribution is 2.22. The first kappa shape index (κ1) is 17.2. The van der Waals surface area contributed by atoms with Crippen molar-refractivity contribution in [2.75, 3.05) is 11.9 Å². The lowest BCUT2D eigenvalue weighted by atomic mass is 10.0. The van der Waals surface area contributed by atoms with Gasteiger partial charge in [-0.3, -0.25) is 9.20 Å². The molecule has 1 atom stereocenters. The molecule has 0 radical (unpaired) electrons. The van der Waals surface area contributed by atoms with E-state index >= 15 is 0 Å². The second-order valence-electron chi connectivity index (χ2n) is 6.11. The molecule has 7 heteroatoms. The number of hydrogen-bond donors (Lipinski definition) is 2. The first-order valence-corrected chi connectivity index (χ1v) is 8.51. The first-order chi connectivity index (χ1) is 12.1. The standard InChI is InChI=1S/C18H20ClN5O/c1-12(2)17(18-23-22-15-9-5-6-10-24(15)18)21-16(25)11-20-14-8-4-3-7-13(14)19/h3-10,12,17,20H,11H2,1-2H3,(H,21,25)/t17-/m1/s1. The highest BCUT2D eigenvalue weighted by atomic mass is 35.5. The fourth-order valence-electron chi connectivity index (χ4n) is 2.61. The molecule has 2 heterocycles. The Morgan fingerprint density at radius 2 is 1.92 bits per heavy atom. The van der Waals surface area contributed by atoms with Crippen molar-refractivity contribution >= 4 is 28.8 Å². The van der Waals surface area contributed by atoms with Crippen LogP contribution < -0.4 is 10.6 Å². The van der Waals surface area contributed by atoms with Crippen LogP contribution in [-0.4, -0.2) is 27.0 Å². The summed E-state index contributed by atoms with van der Waals surface area (Å²) in [5.74, 6) is 0.750. The summed E-state index contributed by atoms with van der Waals surface area (Å²) in [4.78, 5) is 12.4. The lowest BCUT2D eigenvalue weighted by molar-refractivity contribution is -0.120. The molecule has 0 aliphatic carbocycles. The fourth-order valence-corrected chi connectivity index (χ4v) is 2.81. The predicted molar refractivity (Wildman–Crippen MR) is 98.7 cm³/mol. The minimum absolute atomic E-state index is 0.129. The number of para-hydroxylation sites is 1. The van der Waals surface area contributed by atoms with Crippen LogP contribution in [0, 0.1) is 5.92 Å². The van der Waals surface area contributed by atoms with Gasteiger partial charge >= 0.3 is 0 Å². The van der Waals surface area contributed by atoms with E-state index in [-0.39, 0.29) is 24.4 Å². The largest absolute Gasteiger partial charge is 0.375 e.